The van der Waals surface area contributed by atoms with Crippen molar-refractivity contribution in [2.75, 3.05) is 13.7 Å². The van der Waals surface area contributed by atoms with E-state index in [9.17, 15) is 18.8 Å². The van der Waals surface area contributed by atoms with Crippen LogP contribution in [0.3, 0.4) is 0 Å². The van der Waals surface area contributed by atoms with Crippen LogP contribution >= 0.6 is 0 Å². The van der Waals surface area contributed by atoms with Crippen molar-refractivity contribution in [2.45, 2.75) is 18.4 Å². The van der Waals surface area contributed by atoms with E-state index < -0.39 is 23.0 Å². The molecule has 1 N–H and O–H groups in total. The molecule has 0 bridgehead atoms. The van der Waals surface area contributed by atoms with Gasteiger partial charge in [0.2, 0.25) is 11.8 Å². The van der Waals surface area contributed by atoms with Gasteiger partial charge in [0.15, 0.2) is 5.58 Å². The summed E-state index contributed by atoms with van der Waals surface area (Å²) in [4.78, 5) is 44.9. The number of nitrogens with one attached hydrogen (secondary N) is 1. The molecule has 38 heavy (non-hydrogen) atoms. The lowest BCUT2D eigenvalue weighted by Gasteiger charge is -2.28. The fraction of sp³-hybridized carbons (Fsp3) is 0.179. The Morgan fingerprint density at radius 2 is 2.00 bits per heavy atom. The number of aromatic nitrogens is 1. The number of carbonyl (C=O) groups is 3. The molecular formula is C28H19FN4O5. The molecule has 2 aromatic heterocycles. The van der Waals surface area contributed by atoms with E-state index >= 15 is 0 Å². The average molecular weight is 510 g/mol. The summed E-state index contributed by atoms with van der Waals surface area (Å²) < 4.78 is 25.1. The fourth-order valence-corrected chi connectivity index (χ4v) is 5.06. The smallest absolute Gasteiger partial charge is 0.254 e. The molecule has 6 rings (SSSR count). The van der Waals surface area contributed by atoms with Crippen LogP contribution in [0.4, 0.5) is 4.39 Å². The van der Waals surface area contributed by atoms with E-state index in [0.717, 1.165) is 5.56 Å². The molecule has 1 fully saturated rings. The molecule has 0 spiro atoms. The number of amides is 3. The van der Waals surface area contributed by atoms with Gasteiger partial charge in [0.25, 0.3) is 5.91 Å². The molecule has 3 amide bonds. The number of hydrogen-bond donors (Lipinski definition) is 1. The van der Waals surface area contributed by atoms with Crippen molar-refractivity contribution in [2.24, 2.45) is 0 Å². The van der Waals surface area contributed by atoms with Gasteiger partial charge in [-0.1, -0.05) is 6.07 Å². The van der Waals surface area contributed by atoms with Crippen molar-refractivity contribution in [3.63, 3.8) is 0 Å². The summed E-state index contributed by atoms with van der Waals surface area (Å²) in [5, 5.41) is 11.5. The number of fused-ring (bicyclic) bond motifs is 2. The third kappa shape index (κ3) is 3.59. The van der Waals surface area contributed by atoms with Gasteiger partial charge in [0, 0.05) is 30.3 Å². The molecule has 10 heteroatoms. The van der Waals surface area contributed by atoms with Gasteiger partial charge in [-0.05, 0) is 48.0 Å². The van der Waals surface area contributed by atoms with Gasteiger partial charge in [-0.3, -0.25) is 19.7 Å². The van der Waals surface area contributed by atoms with Gasteiger partial charge >= 0.3 is 0 Å². The Kier molecular flexibility index (Phi) is 5.24. The first-order valence-electron chi connectivity index (χ1n) is 11.7. The third-order valence-corrected chi connectivity index (χ3v) is 7.03. The predicted octanol–water partition coefficient (Wildman–Crippen LogP) is 3.45. The second-order valence-electron chi connectivity index (χ2n) is 9.32. The number of furan rings is 1. The standard InChI is InChI=1S/C28H19FN4O5/c1-37-18-4-2-16-13-33(26(35)19(16)9-18)14-28(11-25(34)32-27(28)36)24-10-22-23(38-24)7-6-21(31-22)15-3-5-20(29)17(8-15)12-30/h2-10H,11,13-14H2,1H3,(H,32,34,36)/t28-/m1/s1. The largest absolute Gasteiger partial charge is 0.497 e. The van der Waals surface area contributed by atoms with E-state index in [4.69, 9.17) is 14.4 Å². The van der Waals surface area contributed by atoms with Gasteiger partial charge in [-0.25, -0.2) is 9.37 Å². The second-order valence-corrected chi connectivity index (χ2v) is 9.32. The minimum Gasteiger partial charge on any atom is -0.497 e. The normalized spacial score (nSPS) is 18.6. The van der Waals surface area contributed by atoms with Crippen molar-refractivity contribution in [3.8, 4) is 23.1 Å². The van der Waals surface area contributed by atoms with E-state index in [1.807, 2.05) is 6.07 Å². The number of pyridine rings is 1. The van der Waals surface area contributed by atoms with Crippen molar-refractivity contribution in [1.82, 2.24) is 15.2 Å². The number of nitrogens with zero attached hydrogens (tertiary/aromatic N) is 3. The maximum atomic E-state index is 13.8. The van der Waals surface area contributed by atoms with E-state index in [-0.39, 0.29) is 36.7 Å². The highest BCUT2D eigenvalue weighted by molar-refractivity contribution is 6.10. The Balaban J connectivity index is 1.38. The number of nitriles is 1. The highest BCUT2D eigenvalue weighted by Crippen LogP contribution is 2.39. The van der Waals surface area contributed by atoms with E-state index in [1.165, 1.54) is 30.2 Å². The highest BCUT2D eigenvalue weighted by atomic mass is 19.1. The quantitative estimate of drug-likeness (QED) is 0.408. The van der Waals surface area contributed by atoms with Gasteiger partial charge in [0.1, 0.15) is 34.3 Å². The predicted molar refractivity (Wildman–Crippen MR) is 131 cm³/mol. The summed E-state index contributed by atoms with van der Waals surface area (Å²) in [5.74, 6) is -1.17. The van der Waals surface area contributed by atoms with Gasteiger partial charge in [-0.2, -0.15) is 5.26 Å². The first kappa shape index (κ1) is 23.4. The topological polar surface area (TPSA) is 126 Å². The van der Waals surface area contributed by atoms with Crippen LogP contribution in [-0.2, 0) is 21.5 Å². The van der Waals surface area contributed by atoms with Crippen molar-refractivity contribution >= 4 is 28.8 Å². The zero-order valence-electron chi connectivity index (χ0n) is 20.1. The van der Waals surface area contributed by atoms with Crippen LogP contribution in [-0.4, -0.2) is 41.3 Å². The Bertz CT molecular complexity index is 1720. The molecule has 2 aromatic carbocycles. The summed E-state index contributed by atoms with van der Waals surface area (Å²) in [6.45, 7) is 0.201. The van der Waals surface area contributed by atoms with E-state index in [2.05, 4.69) is 10.3 Å². The molecule has 1 saturated heterocycles. The van der Waals surface area contributed by atoms with Crippen LogP contribution in [0, 0.1) is 17.1 Å². The van der Waals surface area contributed by atoms with Crippen molar-refractivity contribution in [3.05, 3.63) is 82.9 Å². The zero-order chi connectivity index (χ0) is 26.6. The number of benzene rings is 2. The lowest BCUT2D eigenvalue weighted by molar-refractivity contribution is -0.127. The zero-order valence-corrected chi connectivity index (χ0v) is 20.1. The second kappa shape index (κ2) is 8.52. The van der Waals surface area contributed by atoms with E-state index in [1.54, 1.807) is 36.4 Å². The highest BCUT2D eigenvalue weighted by Gasteiger charge is 2.53. The number of carbonyl (C=O) groups excluding carboxylic acids is 3. The molecule has 0 saturated carbocycles. The van der Waals surface area contributed by atoms with Crippen molar-refractivity contribution in [1.29, 1.82) is 5.26 Å². The Labute approximate surface area is 215 Å². The first-order chi connectivity index (χ1) is 18.3. The number of halogens is 1. The summed E-state index contributed by atoms with van der Waals surface area (Å²) in [7, 11) is 1.52. The Hall–Kier alpha value is -5.04. The average Bonchev–Trinajstić information content (AvgIpc) is 3.57. The Morgan fingerprint density at radius 3 is 2.74 bits per heavy atom. The lowest BCUT2D eigenvalue weighted by Crippen LogP contribution is -2.46. The Morgan fingerprint density at radius 1 is 1.16 bits per heavy atom. The maximum Gasteiger partial charge on any atom is 0.254 e. The number of ether oxygens (including phenoxy) is 1. The SMILES string of the molecule is COc1ccc2c(c1)C(=O)N(C[C@@]1(c3cc4nc(-c5ccc(F)c(C#N)c5)ccc4o3)CC(=O)NC1=O)C2. The number of imide groups is 1. The van der Waals surface area contributed by atoms with Gasteiger partial charge in [-0.15, -0.1) is 0 Å². The molecule has 188 valence electrons. The van der Waals surface area contributed by atoms with Gasteiger partial charge < -0.3 is 14.1 Å². The fourth-order valence-electron chi connectivity index (χ4n) is 5.06. The first-order valence-corrected chi connectivity index (χ1v) is 11.7. The summed E-state index contributed by atoms with van der Waals surface area (Å²) >= 11 is 0. The minimum absolute atomic E-state index is 0.0728. The molecule has 4 aromatic rings. The van der Waals surface area contributed by atoms with Crippen LogP contribution in [0.25, 0.3) is 22.4 Å². The molecule has 1 atom stereocenters. The molecule has 0 unspecified atom stereocenters. The monoisotopic (exact) mass is 510 g/mol. The molecule has 9 nitrogen and oxygen atoms in total. The van der Waals surface area contributed by atoms with Crippen molar-refractivity contribution < 1.29 is 27.9 Å². The molecule has 2 aliphatic heterocycles. The number of hydrogen-bond acceptors (Lipinski definition) is 7. The van der Waals surface area contributed by atoms with Gasteiger partial charge in [0.05, 0.1) is 24.8 Å². The summed E-state index contributed by atoms with van der Waals surface area (Å²) in [6, 6.07) is 16.1. The van der Waals surface area contributed by atoms with E-state index in [0.29, 0.717) is 33.7 Å². The van der Waals surface area contributed by atoms with Crippen LogP contribution < -0.4 is 10.1 Å². The van der Waals surface area contributed by atoms with Crippen LogP contribution in [0.15, 0.2) is 59.0 Å². The molecular weight excluding hydrogens is 491 g/mol. The summed E-state index contributed by atoms with van der Waals surface area (Å²) in [6.07, 6.45) is -0.189. The minimum atomic E-state index is -1.44. The maximum absolute atomic E-state index is 13.8. The van der Waals surface area contributed by atoms with Crippen LogP contribution in [0.1, 0.15) is 33.7 Å². The molecule has 2 aliphatic rings. The third-order valence-electron chi connectivity index (χ3n) is 7.03. The number of methoxy groups -OCH3 is 1. The number of rotatable bonds is 5. The molecule has 0 aliphatic carbocycles. The lowest BCUT2D eigenvalue weighted by atomic mass is 9.82. The molecule has 4 heterocycles. The molecule has 0 radical (unpaired) electrons. The van der Waals surface area contributed by atoms with Crippen LogP contribution in [0.5, 0.6) is 5.75 Å². The summed E-state index contributed by atoms with van der Waals surface area (Å²) in [5.41, 5.74) is 1.52. The van der Waals surface area contributed by atoms with Crippen LogP contribution in [0.2, 0.25) is 0 Å².